The molecule has 1 unspecified atom stereocenters. The van der Waals surface area contributed by atoms with E-state index in [0.29, 0.717) is 18.6 Å². The lowest BCUT2D eigenvalue weighted by atomic mass is 9.86. The van der Waals surface area contributed by atoms with E-state index in [4.69, 9.17) is 9.47 Å². The van der Waals surface area contributed by atoms with Gasteiger partial charge in [-0.05, 0) is 55.3 Å². The van der Waals surface area contributed by atoms with Crippen molar-refractivity contribution in [1.82, 2.24) is 10.2 Å². The minimum Gasteiger partial charge on any atom is -0.486 e. The number of hydrogen-bond donors (Lipinski definition) is 1. The fraction of sp³-hybridized carbons (Fsp3) is 0.647. The standard InChI is InChI=1S/C17H24N2O2S.ClH/c1-22-16-9-15-14(20-6-7-21-15)8-13(16)10-19-5-3-17(12-19)2-4-18-11-17;/h8-9,18H,2-7,10-12H2,1H3;1H. The number of hydrogen-bond acceptors (Lipinski definition) is 5. The van der Waals surface area contributed by atoms with Gasteiger partial charge in [0.25, 0.3) is 0 Å². The highest BCUT2D eigenvalue weighted by atomic mass is 35.5. The second kappa shape index (κ2) is 7.09. The third-order valence-electron chi connectivity index (χ3n) is 5.19. The summed E-state index contributed by atoms with van der Waals surface area (Å²) in [6.07, 6.45) is 4.81. The summed E-state index contributed by atoms with van der Waals surface area (Å²) in [5.41, 5.74) is 1.91. The molecule has 0 radical (unpaired) electrons. The van der Waals surface area contributed by atoms with Crippen LogP contribution in [0.25, 0.3) is 0 Å². The number of likely N-dealkylation sites (tertiary alicyclic amines) is 1. The van der Waals surface area contributed by atoms with Crippen molar-refractivity contribution in [2.24, 2.45) is 5.41 Å². The molecule has 0 aromatic heterocycles. The Balaban J connectivity index is 0.00000156. The summed E-state index contributed by atoms with van der Waals surface area (Å²) in [7, 11) is 0. The van der Waals surface area contributed by atoms with Crippen LogP contribution in [0.4, 0.5) is 0 Å². The number of nitrogens with zero attached hydrogens (tertiary/aromatic N) is 1. The first-order chi connectivity index (χ1) is 10.8. The molecule has 23 heavy (non-hydrogen) atoms. The van der Waals surface area contributed by atoms with E-state index in [-0.39, 0.29) is 12.4 Å². The number of rotatable bonds is 3. The van der Waals surface area contributed by atoms with Crippen molar-refractivity contribution in [2.45, 2.75) is 24.3 Å². The second-order valence-corrected chi connectivity index (χ2v) is 7.54. The zero-order valence-electron chi connectivity index (χ0n) is 13.6. The fourth-order valence-corrected chi connectivity index (χ4v) is 4.58. The molecule has 1 N–H and O–H groups in total. The number of fused-ring (bicyclic) bond motifs is 1. The number of benzene rings is 1. The molecule has 4 nitrogen and oxygen atoms in total. The first kappa shape index (κ1) is 17.2. The van der Waals surface area contributed by atoms with Crippen LogP contribution in [0.3, 0.4) is 0 Å². The predicted molar refractivity (Wildman–Crippen MR) is 96.3 cm³/mol. The number of thioether (sulfide) groups is 1. The Hall–Kier alpha value is -0.620. The highest BCUT2D eigenvalue weighted by Gasteiger charge is 2.40. The number of ether oxygens (including phenoxy) is 2. The summed E-state index contributed by atoms with van der Waals surface area (Å²) in [5, 5.41) is 3.54. The lowest BCUT2D eigenvalue weighted by molar-refractivity contribution is 0.170. The smallest absolute Gasteiger partial charge is 0.162 e. The maximum absolute atomic E-state index is 5.76. The monoisotopic (exact) mass is 356 g/mol. The molecule has 3 heterocycles. The van der Waals surface area contributed by atoms with Crippen LogP contribution in [0.5, 0.6) is 11.5 Å². The third-order valence-corrected chi connectivity index (χ3v) is 6.01. The molecule has 0 amide bonds. The molecule has 0 aliphatic carbocycles. The van der Waals surface area contributed by atoms with Crippen molar-refractivity contribution in [3.63, 3.8) is 0 Å². The summed E-state index contributed by atoms with van der Waals surface area (Å²) in [6.45, 7) is 7.15. The molecule has 3 aliphatic heterocycles. The minimum absolute atomic E-state index is 0. The zero-order chi connectivity index (χ0) is 15.0. The Bertz CT molecular complexity index is 564. The Labute approximate surface area is 148 Å². The van der Waals surface area contributed by atoms with Crippen molar-refractivity contribution in [1.29, 1.82) is 0 Å². The van der Waals surface area contributed by atoms with Crippen LogP contribution in [0, 0.1) is 5.41 Å². The Morgan fingerprint density at radius 1 is 1.22 bits per heavy atom. The SMILES string of the molecule is CSc1cc2c(cc1CN1CCC3(CCNC3)C1)OCCO2.Cl. The molecular weight excluding hydrogens is 332 g/mol. The van der Waals surface area contributed by atoms with E-state index in [1.807, 2.05) is 0 Å². The van der Waals surface area contributed by atoms with Crippen molar-refractivity contribution < 1.29 is 9.47 Å². The first-order valence-corrected chi connectivity index (χ1v) is 9.40. The van der Waals surface area contributed by atoms with Gasteiger partial charge in [-0.15, -0.1) is 24.2 Å². The summed E-state index contributed by atoms with van der Waals surface area (Å²) < 4.78 is 11.5. The van der Waals surface area contributed by atoms with Gasteiger partial charge in [0.05, 0.1) is 0 Å². The van der Waals surface area contributed by atoms with Gasteiger partial charge < -0.3 is 14.8 Å². The van der Waals surface area contributed by atoms with Crippen molar-refractivity contribution >= 4 is 24.2 Å². The van der Waals surface area contributed by atoms with Gasteiger partial charge in [-0.2, -0.15) is 0 Å². The fourth-order valence-electron chi connectivity index (χ4n) is 3.97. The van der Waals surface area contributed by atoms with Crippen LogP contribution in [0.15, 0.2) is 17.0 Å². The number of nitrogens with one attached hydrogen (secondary N) is 1. The van der Waals surface area contributed by atoms with Gasteiger partial charge >= 0.3 is 0 Å². The van der Waals surface area contributed by atoms with Crippen molar-refractivity contribution in [3.05, 3.63) is 17.7 Å². The van der Waals surface area contributed by atoms with Gasteiger partial charge in [-0.3, -0.25) is 4.90 Å². The van der Waals surface area contributed by atoms with Crippen LogP contribution in [0.1, 0.15) is 18.4 Å². The summed E-state index contributed by atoms with van der Waals surface area (Å²) >= 11 is 1.80. The lowest BCUT2D eigenvalue weighted by Crippen LogP contribution is -2.29. The minimum atomic E-state index is 0. The largest absolute Gasteiger partial charge is 0.486 e. The zero-order valence-corrected chi connectivity index (χ0v) is 15.2. The van der Waals surface area contributed by atoms with Gasteiger partial charge in [-0.1, -0.05) is 0 Å². The molecule has 4 rings (SSSR count). The molecule has 0 bridgehead atoms. The molecule has 3 aliphatic rings. The maximum Gasteiger partial charge on any atom is 0.162 e. The van der Waals surface area contributed by atoms with Crippen molar-refractivity contribution in [2.75, 3.05) is 45.6 Å². The van der Waals surface area contributed by atoms with Gasteiger partial charge in [0, 0.05) is 24.5 Å². The summed E-state index contributed by atoms with van der Waals surface area (Å²) in [5.74, 6) is 1.81. The highest BCUT2D eigenvalue weighted by Crippen LogP contribution is 2.40. The summed E-state index contributed by atoms with van der Waals surface area (Å²) in [4.78, 5) is 3.92. The molecule has 1 aromatic rings. The molecule has 0 saturated carbocycles. The molecule has 2 saturated heterocycles. The second-order valence-electron chi connectivity index (χ2n) is 6.70. The van der Waals surface area contributed by atoms with E-state index >= 15 is 0 Å². The third kappa shape index (κ3) is 3.43. The Kier molecular flexibility index (Phi) is 5.31. The van der Waals surface area contributed by atoms with E-state index in [1.54, 1.807) is 11.8 Å². The molecule has 1 spiro atoms. The van der Waals surface area contributed by atoms with E-state index < -0.39 is 0 Å². The lowest BCUT2D eigenvalue weighted by Gasteiger charge is -2.25. The predicted octanol–water partition coefficient (Wildman–Crippen LogP) is 2.79. The quantitative estimate of drug-likeness (QED) is 0.842. The highest BCUT2D eigenvalue weighted by molar-refractivity contribution is 7.98. The molecule has 128 valence electrons. The Morgan fingerprint density at radius 3 is 2.70 bits per heavy atom. The maximum atomic E-state index is 5.76. The Morgan fingerprint density at radius 2 is 2.00 bits per heavy atom. The van der Waals surface area contributed by atoms with Crippen LogP contribution in [0.2, 0.25) is 0 Å². The number of halogens is 1. The van der Waals surface area contributed by atoms with E-state index in [0.717, 1.165) is 18.0 Å². The van der Waals surface area contributed by atoms with E-state index in [9.17, 15) is 0 Å². The van der Waals surface area contributed by atoms with Gasteiger partial charge in [-0.25, -0.2) is 0 Å². The molecule has 6 heteroatoms. The average Bonchev–Trinajstić information content (AvgIpc) is 3.17. The van der Waals surface area contributed by atoms with Gasteiger partial charge in [0.2, 0.25) is 0 Å². The topological polar surface area (TPSA) is 33.7 Å². The van der Waals surface area contributed by atoms with Gasteiger partial charge in [0.15, 0.2) is 11.5 Å². The molecule has 1 atom stereocenters. The van der Waals surface area contributed by atoms with Crippen LogP contribution in [-0.2, 0) is 6.54 Å². The van der Waals surface area contributed by atoms with Gasteiger partial charge in [0.1, 0.15) is 13.2 Å². The van der Waals surface area contributed by atoms with E-state index in [1.165, 1.54) is 49.5 Å². The first-order valence-electron chi connectivity index (χ1n) is 8.18. The average molecular weight is 357 g/mol. The van der Waals surface area contributed by atoms with E-state index in [2.05, 4.69) is 28.6 Å². The molecular formula is C17H25ClN2O2S. The van der Waals surface area contributed by atoms with Crippen molar-refractivity contribution in [3.8, 4) is 11.5 Å². The van der Waals surface area contributed by atoms with Crippen LogP contribution in [-0.4, -0.2) is 50.5 Å². The molecule has 1 aromatic carbocycles. The van der Waals surface area contributed by atoms with Crippen LogP contribution >= 0.6 is 24.2 Å². The van der Waals surface area contributed by atoms with Crippen LogP contribution < -0.4 is 14.8 Å². The summed E-state index contributed by atoms with van der Waals surface area (Å²) in [6, 6.07) is 4.34. The molecule has 2 fully saturated rings. The normalized spacial score (nSPS) is 26.5.